The van der Waals surface area contributed by atoms with E-state index >= 15 is 0 Å². The zero-order valence-electron chi connectivity index (χ0n) is 16.4. The van der Waals surface area contributed by atoms with E-state index < -0.39 is 8.32 Å². The molecule has 0 saturated carbocycles. The lowest BCUT2D eigenvalue weighted by Gasteiger charge is -2.16. The standard InChI is InChI=1S/C20H42OSSi/c1-5-6-7-8-9-10-11-13-16-19-22-20-17-14-12-15-18-21-23(2,3)4/h13,16H,5-12,14-15,17-20H2,1-4H3/b16-13-. The van der Waals surface area contributed by atoms with Crippen molar-refractivity contribution in [2.45, 2.75) is 97.2 Å². The first-order chi connectivity index (χ1) is 11.1. The van der Waals surface area contributed by atoms with E-state index in [1.54, 1.807) is 0 Å². The Morgan fingerprint density at radius 1 is 0.783 bits per heavy atom. The van der Waals surface area contributed by atoms with Crippen LogP contribution in [-0.4, -0.2) is 26.4 Å². The van der Waals surface area contributed by atoms with Crippen LogP contribution in [0.1, 0.15) is 77.6 Å². The first-order valence-electron chi connectivity index (χ1n) is 9.93. The predicted octanol–water partition coefficient (Wildman–Crippen LogP) is 7.44. The van der Waals surface area contributed by atoms with Crippen molar-refractivity contribution >= 4 is 20.1 Å². The predicted molar refractivity (Wildman–Crippen MR) is 112 cm³/mol. The normalized spacial score (nSPS) is 12.3. The monoisotopic (exact) mass is 358 g/mol. The minimum Gasteiger partial charge on any atom is -0.418 e. The second kappa shape index (κ2) is 17.1. The van der Waals surface area contributed by atoms with Gasteiger partial charge in [-0.25, -0.2) is 0 Å². The molecular weight excluding hydrogens is 316 g/mol. The van der Waals surface area contributed by atoms with E-state index in [2.05, 4.69) is 50.5 Å². The molecule has 23 heavy (non-hydrogen) atoms. The molecule has 0 aliphatic heterocycles. The van der Waals surface area contributed by atoms with Crippen molar-refractivity contribution < 1.29 is 4.43 Å². The summed E-state index contributed by atoms with van der Waals surface area (Å²) in [6, 6.07) is 0. The molecule has 0 saturated heterocycles. The highest BCUT2D eigenvalue weighted by atomic mass is 32.2. The van der Waals surface area contributed by atoms with Gasteiger partial charge in [0.2, 0.25) is 0 Å². The van der Waals surface area contributed by atoms with Gasteiger partial charge >= 0.3 is 0 Å². The third kappa shape index (κ3) is 22.3. The van der Waals surface area contributed by atoms with Crippen LogP contribution in [0, 0.1) is 0 Å². The Hall–Kier alpha value is 0.267. The lowest BCUT2D eigenvalue weighted by atomic mass is 10.1. The quantitative estimate of drug-likeness (QED) is 0.152. The third-order valence-electron chi connectivity index (χ3n) is 3.82. The molecule has 0 fully saturated rings. The average molecular weight is 359 g/mol. The molecule has 3 heteroatoms. The van der Waals surface area contributed by atoms with Crippen LogP contribution in [0.4, 0.5) is 0 Å². The molecule has 0 aromatic rings. The second-order valence-electron chi connectivity index (χ2n) is 7.48. The number of allylic oxidation sites excluding steroid dienone is 1. The fraction of sp³-hybridized carbons (Fsp3) is 0.900. The van der Waals surface area contributed by atoms with Crippen LogP contribution in [0.25, 0.3) is 0 Å². The second-order valence-corrected chi connectivity index (χ2v) is 13.1. The van der Waals surface area contributed by atoms with Gasteiger partial charge in [-0.2, -0.15) is 11.8 Å². The maximum atomic E-state index is 5.87. The molecule has 0 unspecified atom stereocenters. The highest BCUT2D eigenvalue weighted by Gasteiger charge is 2.12. The van der Waals surface area contributed by atoms with Crippen LogP contribution >= 0.6 is 11.8 Å². The summed E-state index contributed by atoms with van der Waals surface area (Å²) in [4.78, 5) is 0. The zero-order chi connectivity index (χ0) is 17.2. The van der Waals surface area contributed by atoms with E-state index in [0.717, 1.165) is 6.61 Å². The van der Waals surface area contributed by atoms with E-state index in [1.165, 1.54) is 82.1 Å². The molecule has 0 amide bonds. The molecule has 0 atom stereocenters. The number of hydrogen-bond donors (Lipinski definition) is 0. The summed E-state index contributed by atoms with van der Waals surface area (Å²) in [5.74, 6) is 2.52. The Morgan fingerprint density at radius 3 is 2.17 bits per heavy atom. The number of rotatable bonds is 17. The average Bonchev–Trinajstić information content (AvgIpc) is 2.49. The molecule has 0 bridgehead atoms. The fourth-order valence-electron chi connectivity index (χ4n) is 2.42. The van der Waals surface area contributed by atoms with Crippen LogP contribution in [0.5, 0.6) is 0 Å². The van der Waals surface area contributed by atoms with Crippen molar-refractivity contribution in [3.63, 3.8) is 0 Å². The summed E-state index contributed by atoms with van der Waals surface area (Å²) in [5, 5.41) is 0. The van der Waals surface area contributed by atoms with Gasteiger partial charge in [-0.15, -0.1) is 0 Å². The molecular formula is C20H42OSSi. The largest absolute Gasteiger partial charge is 0.418 e. The molecule has 0 spiro atoms. The van der Waals surface area contributed by atoms with Crippen molar-refractivity contribution in [3.05, 3.63) is 12.2 Å². The van der Waals surface area contributed by atoms with Crippen molar-refractivity contribution in [2.24, 2.45) is 0 Å². The maximum absolute atomic E-state index is 5.87. The van der Waals surface area contributed by atoms with E-state index in [-0.39, 0.29) is 0 Å². The van der Waals surface area contributed by atoms with Crippen LogP contribution in [0.15, 0.2) is 12.2 Å². The van der Waals surface area contributed by atoms with Crippen molar-refractivity contribution in [2.75, 3.05) is 18.1 Å². The summed E-state index contributed by atoms with van der Waals surface area (Å²) in [5.41, 5.74) is 0. The Balaban J connectivity index is 3.11. The summed E-state index contributed by atoms with van der Waals surface area (Å²) in [6.07, 6.45) is 19.8. The van der Waals surface area contributed by atoms with Gasteiger partial charge in [-0.05, 0) is 51.1 Å². The number of unbranched alkanes of at least 4 members (excludes halogenated alkanes) is 9. The molecule has 0 rings (SSSR count). The number of hydrogen-bond acceptors (Lipinski definition) is 2. The lowest BCUT2D eigenvalue weighted by Crippen LogP contribution is -2.25. The number of thioether (sulfide) groups is 1. The molecule has 1 nitrogen and oxygen atoms in total. The van der Waals surface area contributed by atoms with Gasteiger partial charge in [0.15, 0.2) is 8.32 Å². The smallest absolute Gasteiger partial charge is 0.183 e. The first-order valence-corrected chi connectivity index (χ1v) is 14.5. The van der Waals surface area contributed by atoms with Crippen LogP contribution in [0.2, 0.25) is 19.6 Å². The highest BCUT2D eigenvalue weighted by molar-refractivity contribution is 7.99. The molecule has 138 valence electrons. The Morgan fingerprint density at radius 2 is 1.43 bits per heavy atom. The van der Waals surface area contributed by atoms with Crippen LogP contribution in [-0.2, 0) is 4.43 Å². The van der Waals surface area contributed by atoms with E-state index in [9.17, 15) is 0 Å². The molecule has 0 N–H and O–H groups in total. The van der Waals surface area contributed by atoms with Gasteiger partial charge in [0.1, 0.15) is 0 Å². The molecule has 0 heterocycles. The summed E-state index contributed by atoms with van der Waals surface area (Å²) in [7, 11) is -1.28. The van der Waals surface area contributed by atoms with E-state index in [0.29, 0.717) is 0 Å². The molecule has 0 aliphatic carbocycles. The first kappa shape index (κ1) is 23.3. The SMILES string of the molecule is CCCCCCCC/C=C\CSCCCCCCO[Si](C)(C)C. The minimum atomic E-state index is -1.28. The summed E-state index contributed by atoms with van der Waals surface area (Å²) in [6.45, 7) is 10.1. The minimum absolute atomic E-state index is 0.976. The van der Waals surface area contributed by atoms with Crippen molar-refractivity contribution in [3.8, 4) is 0 Å². The zero-order valence-corrected chi connectivity index (χ0v) is 18.2. The van der Waals surface area contributed by atoms with Crippen LogP contribution < -0.4 is 0 Å². The van der Waals surface area contributed by atoms with Crippen LogP contribution in [0.3, 0.4) is 0 Å². The van der Waals surface area contributed by atoms with Gasteiger partial charge in [0.05, 0.1) is 0 Å². The molecule has 0 radical (unpaired) electrons. The third-order valence-corrected chi connectivity index (χ3v) is 5.90. The van der Waals surface area contributed by atoms with Crippen molar-refractivity contribution in [1.29, 1.82) is 0 Å². The van der Waals surface area contributed by atoms with Crippen molar-refractivity contribution in [1.82, 2.24) is 0 Å². The van der Waals surface area contributed by atoms with E-state index in [4.69, 9.17) is 4.43 Å². The Kier molecular flexibility index (Phi) is 17.3. The molecule has 0 aliphatic rings. The fourth-order valence-corrected chi connectivity index (χ4v) is 4.02. The highest BCUT2D eigenvalue weighted by Crippen LogP contribution is 2.11. The topological polar surface area (TPSA) is 9.23 Å². The van der Waals surface area contributed by atoms with Gasteiger partial charge < -0.3 is 4.43 Å². The Bertz CT molecular complexity index is 261. The van der Waals surface area contributed by atoms with E-state index in [1.807, 2.05) is 0 Å². The summed E-state index contributed by atoms with van der Waals surface area (Å²) < 4.78 is 5.87. The maximum Gasteiger partial charge on any atom is 0.183 e. The van der Waals surface area contributed by atoms with Gasteiger partial charge in [-0.1, -0.05) is 64.0 Å². The molecule has 0 aromatic heterocycles. The lowest BCUT2D eigenvalue weighted by molar-refractivity contribution is 0.299. The Labute approximate surface area is 152 Å². The van der Waals surface area contributed by atoms with Gasteiger partial charge in [0, 0.05) is 12.4 Å². The van der Waals surface area contributed by atoms with Gasteiger partial charge in [0.25, 0.3) is 0 Å². The van der Waals surface area contributed by atoms with Gasteiger partial charge in [-0.3, -0.25) is 0 Å². The summed E-state index contributed by atoms with van der Waals surface area (Å²) >= 11 is 2.08. The molecule has 0 aromatic carbocycles.